The van der Waals surface area contributed by atoms with Gasteiger partial charge in [-0.25, -0.2) is 4.39 Å². The van der Waals surface area contributed by atoms with Gasteiger partial charge in [-0.1, -0.05) is 0 Å². The second kappa shape index (κ2) is 5.96. The third-order valence-corrected chi connectivity index (χ3v) is 3.40. The van der Waals surface area contributed by atoms with Crippen LogP contribution in [0.1, 0.15) is 16.8 Å². The summed E-state index contributed by atoms with van der Waals surface area (Å²) in [6, 6.07) is 3.03. The number of non-ortho nitro benzene ring substituents is 1. The second-order valence-electron chi connectivity index (χ2n) is 4.87. The monoisotopic (exact) mass is 281 g/mol. The molecule has 0 bridgehead atoms. The Kier molecular flexibility index (Phi) is 4.29. The number of likely N-dealkylation sites (N-methyl/N-ethyl adjacent to an activating group) is 1. The molecule has 1 aliphatic heterocycles. The highest BCUT2D eigenvalue weighted by Crippen LogP contribution is 2.19. The molecule has 108 valence electrons. The van der Waals surface area contributed by atoms with Gasteiger partial charge in [-0.05, 0) is 26.1 Å². The van der Waals surface area contributed by atoms with Crippen LogP contribution in [-0.2, 0) is 0 Å². The van der Waals surface area contributed by atoms with Crippen molar-refractivity contribution in [2.75, 3.05) is 33.2 Å². The van der Waals surface area contributed by atoms with Crippen LogP contribution in [0.2, 0.25) is 0 Å². The highest BCUT2D eigenvalue weighted by atomic mass is 19.1. The van der Waals surface area contributed by atoms with Gasteiger partial charge in [0.25, 0.3) is 11.6 Å². The minimum absolute atomic E-state index is 0.233. The van der Waals surface area contributed by atoms with E-state index in [1.54, 1.807) is 4.90 Å². The van der Waals surface area contributed by atoms with Crippen LogP contribution in [0, 0.1) is 15.9 Å². The molecule has 0 unspecified atom stereocenters. The highest BCUT2D eigenvalue weighted by molar-refractivity contribution is 5.95. The Labute approximate surface area is 115 Å². The van der Waals surface area contributed by atoms with Gasteiger partial charge in [-0.15, -0.1) is 0 Å². The van der Waals surface area contributed by atoms with Crippen molar-refractivity contribution in [2.45, 2.75) is 6.42 Å². The molecule has 0 saturated carbocycles. The Morgan fingerprint density at radius 2 is 2.05 bits per heavy atom. The molecule has 2 rings (SSSR count). The van der Waals surface area contributed by atoms with Crippen molar-refractivity contribution in [1.29, 1.82) is 0 Å². The lowest BCUT2D eigenvalue weighted by Gasteiger charge is -2.20. The third kappa shape index (κ3) is 3.11. The van der Waals surface area contributed by atoms with E-state index in [1.165, 1.54) is 0 Å². The van der Waals surface area contributed by atoms with Crippen LogP contribution in [0.3, 0.4) is 0 Å². The molecule has 1 amide bonds. The molecular weight excluding hydrogens is 265 g/mol. The summed E-state index contributed by atoms with van der Waals surface area (Å²) in [7, 11) is 1.96. The molecule has 1 aliphatic rings. The fourth-order valence-corrected chi connectivity index (χ4v) is 2.21. The minimum atomic E-state index is -0.724. The molecule has 1 saturated heterocycles. The van der Waals surface area contributed by atoms with Gasteiger partial charge >= 0.3 is 0 Å². The van der Waals surface area contributed by atoms with Crippen molar-refractivity contribution < 1.29 is 14.1 Å². The van der Waals surface area contributed by atoms with E-state index in [-0.39, 0.29) is 11.3 Å². The number of nitrogens with zero attached hydrogens (tertiary/aromatic N) is 3. The lowest BCUT2D eigenvalue weighted by Crippen LogP contribution is -2.35. The first-order valence-corrected chi connectivity index (χ1v) is 6.41. The van der Waals surface area contributed by atoms with Crippen molar-refractivity contribution in [1.82, 2.24) is 9.80 Å². The Balaban J connectivity index is 2.23. The third-order valence-electron chi connectivity index (χ3n) is 3.40. The zero-order chi connectivity index (χ0) is 14.7. The Morgan fingerprint density at radius 1 is 1.30 bits per heavy atom. The van der Waals surface area contributed by atoms with E-state index in [9.17, 15) is 19.3 Å². The van der Waals surface area contributed by atoms with E-state index in [4.69, 9.17) is 0 Å². The van der Waals surface area contributed by atoms with Gasteiger partial charge in [0.15, 0.2) is 0 Å². The van der Waals surface area contributed by atoms with Gasteiger partial charge in [0.2, 0.25) is 0 Å². The van der Waals surface area contributed by atoms with Gasteiger partial charge in [-0.3, -0.25) is 14.9 Å². The maximum atomic E-state index is 13.7. The Morgan fingerprint density at radius 3 is 2.75 bits per heavy atom. The van der Waals surface area contributed by atoms with Crippen LogP contribution in [0.4, 0.5) is 10.1 Å². The Hall–Kier alpha value is -2.02. The Bertz CT molecular complexity index is 536. The lowest BCUT2D eigenvalue weighted by molar-refractivity contribution is -0.384. The average Bonchev–Trinajstić information content (AvgIpc) is 2.63. The average molecular weight is 281 g/mol. The molecule has 0 spiro atoms. The second-order valence-corrected chi connectivity index (χ2v) is 4.87. The molecule has 0 aliphatic carbocycles. The fourth-order valence-electron chi connectivity index (χ4n) is 2.21. The van der Waals surface area contributed by atoms with Gasteiger partial charge in [0.05, 0.1) is 10.5 Å². The molecule has 1 aromatic rings. The molecule has 0 N–H and O–H groups in total. The van der Waals surface area contributed by atoms with Crippen LogP contribution >= 0.6 is 0 Å². The van der Waals surface area contributed by atoms with Crippen LogP contribution < -0.4 is 0 Å². The number of rotatable bonds is 2. The van der Waals surface area contributed by atoms with Crippen molar-refractivity contribution in [3.05, 3.63) is 39.7 Å². The number of nitro groups is 1. The number of nitro benzene ring substituents is 1. The van der Waals surface area contributed by atoms with E-state index in [0.717, 1.165) is 31.2 Å². The van der Waals surface area contributed by atoms with Crippen molar-refractivity contribution in [2.24, 2.45) is 0 Å². The molecule has 1 fully saturated rings. The predicted molar refractivity (Wildman–Crippen MR) is 71.1 cm³/mol. The first kappa shape index (κ1) is 14.4. The summed E-state index contributed by atoms with van der Waals surface area (Å²) in [6.07, 6.45) is 0.804. The van der Waals surface area contributed by atoms with E-state index in [0.29, 0.717) is 19.6 Å². The largest absolute Gasteiger partial charge is 0.337 e. The van der Waals surface area contributed by atoms with Crippen LogP contribution in [0.25, 0.3) is 0 Å². The van der Waals surface area contributed by atoms with Gasteiger partial charge < -0.3 is 9.80 Å². The minimum Gasteiger partial charge on any atom is -0.337 e. The molecule has 6 nitrogen and oxygen atoms in total. The summed E-state index contributed by atoms with van der Waals surface area (Å²) < 4.78 is 13.7. The fraction of sp³-hybridized carbons (Fsp3) is 0.462. The first-order chi connectivity index (χ1) is 9.49. The number of carbonyl (C=O) groups excluding carboxylic acids is 1. The summed E-state index contributed by atoms with van der Waals surface area (Å²) in [5, 5.41) is 10.7. The number of hydrogen-bond donors (Lipinski definition) is 0. The van der Waals surface area contributed by atoms with E-state index in [1.807, 2.05) is 7.05 Å². The van der Waals surface area contributed by atoms with Crippen LogP contribution in [0.5, 0.6) is 0 Å². The summed E-state index contributed by atoms with van der Waals surface area (Å²) >= 11 is 0. The summed E-state index contributed by atoms with van der Waals surface area (Å²) in [6.45, 7) is 2.62. The maximum Gasteiger partial charge on any atom is 0.270 e. The lowest BCUT2D eigenvalue weighted by atomic mass is 10.1. The van der Waals surface area contributed by atoms with E-state index < -0.39 is 16.6 Å². The van der Waals surface area contributed by atoms with Crippen molar-refractivity contribution >= 4 is 11.6 Å². The molecule has 1 heterocycles. The van der Waals surface area contributed by atoms with Gasteiger partial charge in [-0.2, -0.15) is 0 Å². The predicted octanol–water partition coefficient (Wildman–Crippen LogP) is 1.51. The number of amides is 1. The molecule has 0 aromatic heterocycles. The van der Waals surface area contributed by atoms with Crippen molar-refractivity contribution in [3.8, 4) is 0 Å². The SMILES string of the molecule is CN1CCCN(C(=O)c2cc([N+](=O)[O-])ccc2F)CC1. The summed E-state index contributed by atoms with van der Waals surface area (Å²) in [4.78, 5) is 26.0. The zero-order valence-electron chi connectivity index (χ0n) is 11.2. The topological polar surface area (TPSA) is 66.7 Å². The summed E-state index contributed by atoms with van der Waals surface area (Å²) in [5.41, 5.74) is -0.509. The first-order valence-electron chi connectivity index (χ1n) is 6.41. The van der Waals surface area contributed by atoms with Gasteiger partial charge in [0, 0.05) is 31.8 Å². The number of benzene rings is 1. The van der Waals surface area contributed by atoms with E-state index >= 15 is 0 Å². The molecular formula is C13H16FN3O3. The van der Waals surface area contributed by atoms with Crippen molar-refractivity contribution in [3.63, 3.8) is 0 Å². The standard InChI is InChI=1S/C13H16FN3O3/c1-15-5-2-6-16(8-7-15)13(18)11-9-10(17(19)20)3-4-12(11)14/h3-4,9H,2,5-8H2,1H3. The smallest absolute Gasteiger partial charge is 0.270 e. The van der Waals surface area contributed by atoms with Gasteiger partial charge in [0.1, 0.15) is 5.82 Å². The molecule has 0 radical (unpaired) electrons. The van der Waals surface area contributed by atoms with Crippen LogP contribution in [-0.4, -0.2) is 53.9 Å². The molecule has 0 atom stereocenters. The summed E-state index contributed by atoms with van der Waals surface area (Å²) in [5.74, 6) is -1.21. The molecule has 20 heavy (non-hydrogen) atoms. The molecule has 7 heteroatoms. The zero-order valence-corrected chi connectivity index (χ0v) is 11.2. The van der Waals surface area contributed by atoms with Crippen LogP contribution in [0.15, 0.2) is 18.2 Å². The quantitative estimate of drug-likeness (QED) is 0.609. The normalized spacial score (nSPS) is 16.8. The number of halogens is 1. The molecule has 1 aromatic carbocycles. The maximum absolute atomic E-state index is 13.7. The number of hydrogen-bond acceptors (Lipinski definition) is 4. The highest BCUT2D eigenvalue weighted by Gasteiger charge is 2.23. The van der Waals surface area contributed by atoms with E-state index in [2.05, 4.69) is 4.90 Å². The number of carbonyl (C=O) groups is 1.